The highest BCUT2D eigenvalue weighted by atomic mass is 35.5. The van der Waals surface area contributed by atoms with Crippen molar-refractivity contribution < 1.29 is 14.7 Å². The quantitative estimate of drug-likeness (QED) is 0.880. The number of aliphatic carboxylic acids is 1. The van der Waals surface area contributed by atoms with Crippen molar-refractivity contribution in [1.29, 1.82) is 5.26 Å². The van der Waals surface area contributed by atoms with Crippen LogP contribution in [0.1, 0.15) is 12.0 Å². The second kappa shape index (κ2) is 4.67. The highest BCUT2D eigenvalue weighted by molar-refractivity contribution is 6.32. The fourth-order valence-corrected chi connectivity index (χ4v) is 2.10. The van der Waals surface area contributed by atoms with Crippen LogP contribution < -0.4 is 4.90 Å². The normalized spacial score (nSPS) is 18.8. The summed E-state index contributed by atoms with van der Waals surface area (Å²) in [6.45, 7) is 0.135. The van der Waals surface area contributed by atoms with E-state index in [9.17, 15) is 9.59 Å². The first-order chi connectivity index (χ1) is 8.52. The van der Waals surface area contributed by atoms with Gasteiger partial charge in [0, 0.05) is 18.7 Å². The van der Waals surface area contributed by atoms with E-state index in [2.05, 4.69) is 0 Å². The molecule has 0 radical (unpaired) electrons. The summed E-state index contributed by atoms with van der Waals surface area (Å²) >= 11 is 5.88. The molecule has 0 spiro atoms. The summed E-state index contributed by atoms with van der Waals surface area (Å²) < 4.78 is 0. The molecule has 1 atom stereocenters. The Hall–Kier alpha value is -2.06. The molecule has 0 aliphatic carbocycles. The molecule has 0 saturated carbocycles. The Morgan fingerprint density at radius 1 is 1.56 bits per heavy atom. The number of benzene rings is 1. The fourth-order valence-electron chi connectivity index (χ4n) is 1.89. The van der Waals surface area contributed by atoms with E-state index >= 15 is 0 Å². The van der Waals surface area contributed by atoms with E-state index in [4.69, 9.17) is 22.0 Å². The van der Waals surface area contributed by atoms with Crippen LogP contribution in [0.2, 0.25) is 5.02 Å². The lowest BCUT2D eigenvalue weighted by Crippen LogP contribution is -2.25. The van der Waals surface area contributed by atoms with Crippen molar-refractivity contribution in [2.75, 3.05) is 11.4 Å². The minimum Gasteiger partial charge on any atom is -0.481 e. The van der Waals surface area contributed by atoms with Crippen LogP contribution >= 0.6 is 11.6 Å². The Morgan fingerprint density at radius 2 is 2.28 bits per heavy atom. The number of halogens is 1. The Labute approximate surface area is 108 Å². The molecule has 1 unspecified atom stereocenters. The summed E-state index contributed by atoms with van der Waals surface area (Å²) in [6.07, 6.45) is -0.00699. The molecule has 92 valence electrons. The molecule has 5 nitrogen and oxygen atoms in total. The minimum absolute atomic E-state index is 0.00699. The largest absolute Gasteiger partial charge is 0.481 e. The minimum atomic E-state index is -0.981. The molecule has 1 aliphatic heterocycles. The van der Waals surface area contributed by atoms with Crippen molar-refractivity contribution >= 4 is 29.2 Å². The Kier molecular flexibility index (Phi) is 3.21. The molecule has 1 aliphatic rings. The van der Waals surface area contributed by atoms with Gasteiger partial charge in [-0.25, -0.2) is 0 Å². The smallest absolute Gasteiger partial charge is 0.308 e. The average molecular weight is 265 g/mol. The summed E-state index contributed by atoms with van der Waals surface area (Å²) in [6, 6.07) is 6.53. The van der Waals surface area contributed by atoms with Crippen molar-refractivity contribution in [1.82, 2.24) is 0 Å². The lowest BCUT2D eigenvalue weighted by Gasteiger charge is -2.16. The third kappa shape index (κ3) is 2.15. The van der Waals surface area contributed by atoms with Gasteiger partial charge in [0.15, 0.2) is 0 Å². The zero-order chi connectivity index (χ0) is 13.3. The molecule has 1 heterocycles. The van der Waals surface area contributed by atoms with Crippen LogP contribution in [0, 0.1) is 17.2 Å². The lowest BCUT2D eigenvalue weighted by molar-refractivity contribution is -0.141. The highest BCUT2D eigenvalue weighted by Crippen LogP contribution is 2.28. The van der Waals surface area contributed by atoms with Crippen LogP contribution in [0.5, 0.6) is 0 Å². The number of rotatable bonds is 2. The topological polar surface area (TPSA) is 81.4 Å². The van der Waals surface area contributed by atoms with Gasteiger partial charge in [0.05, 0.1) is 16.5 Å². The van der Waals surface area contributed by atoms with Crippen LogP contribution in [0.4, 0.5) is 5.69 Å². The Bertz CT molecular complexity index is 565. The van der Waals surface area contributed by atoms with Crippen molar-refractivity contribution in [3.63, 3.8) is 0 Å². The predicted molar refractivity (Wildman–Crippen MR) is 64.3 cm³/mol. The molecule has 0 bridgehead atoms. The van der Waals surface area contributed by atoms with Crippen molar-refractivity contribution in [3.05, 3.63) is 28.8 Å². The van der Waals surface area contributed by atoms with Crippen LogP contribution in [-0.2, 0) is 9.59 Å². The van der Waals surface area contributed by atoms with Crippen molar-refractivity contribution in [2.24, 2.45) is 5.92 Å². The van der Waals surface area contributed by atoms with Gasteiger partial charge in [-0.15, -0.1) is 0 Å². The number of amides is 1. The third-order valence-electron chi connectivity index (χ3n) is 2.86. The SMILES string of the molecule is N#Cc1ccc(N2CC(C(=O)O)CC2=O)cc1Cl. The summed E-state index contributed by atoms with van der Waals surface area (Å²) in [5.41, 5.74) is 0.842. The number of carbonyl (C=O) groups excluding carboxylic acids is 1. The summed E-state index contributed by atoms with van der Waals surface area (Å²) in [7, 11) is 0. The molecular weight excluding hydrogens is 256 g/mol. The number of hydrogen-bond donors (Lipinski definition) is 1. The van der Waals surface area contributed by atoms with Crippen molar-refractivity contribution in [2.45, 2.75) is 6.42 Å². The second-order valence-corrected chi connectivity index (χ2v) is 4.43. The molecule has 1 saturated heterocycles. The van der Waals surface area contributed by atoms with E-state index in [1.165, 1.54) is 17.0 Å². The number of nitriles is 1. The molecular formula is C12H9ClN2O3. The molecule has 1 amide bonds. The van der Waals surface area contributed by atoms with Gasteiger partial charge in [0.2, 0.25) is 5.91 Å². The maximum Gasteiger partial charge on any atom is 0.308 e. The van der Waals surface area contributed by atoms with Crippen molar-refractivity contribution in [3.8, 4) is 6.07 Å². The van der Waals surface area contributed by atoms with E-state index < -0.39 is 11.9 Å². The van der Waals surface area contributed by atoms with E-state index in [0.29, 0.717) is 11.3 Å². The lowest BCUT2D eigenvalue weighted by atomic mass is 10.1. The predicted octanol–water partition coefficient (Wildman–Crippen LogP) is 1.65. The first kappa shape index (κ1) is 12.4. The third-order valence-corrected chi connectivity index (χ3v) is 3.17. The monoisotopic (exact) mass is 264 g/mol. The number of carbonyl (C=O) groups is 2. The van der Waals surface area contributed by atoms with Crippen LogP contribution in [-0.4, -0.2) is 23.5 Å². The van der Waals surface area contributed by atoms with Gasteiger partial charge in [-0.2, -0.15) is 5.26 Å². The molecule has 1 N–H and O–H groups in total. The average Bonchev–Trinajstić information content (AvgIpc) is 2.71. The first-order valence-corrected chi connectivity index (χ1v) is 5.63. The Morgan fingerprint density at radius 3 is 2.78 bits per heavy atom. The maximum atomic E-state index is 11.7. The summed E-state index contributed by atoms with van der Waals surface area (Å²) in [4.78, 5) is 23.9. The maximum absolute atomic E-state index is 11.7. The van der Waals surface area contributed by atoms with Gasteiger partial charge in [0.1, 0.15) is 6.07 Å². The van der Waals surface area contributed by atoms with E-state index in [1.54, 1.807) is 6.07 Å². The highest BCUT2D eigenvalue weighted by Gasteiger charge is 2.35. The molecule has 18 heavy (non-hydrogen) atoms. The standard InChI is InChI=1S/C12H9ClN2O3/c13-10-4-9(2-1-7(10)5-14)15-6-8(12(17)18)3-11(15)16/h1-2,4,8H,3,6H2,(H,17,18). The summed E-state index contributed by atoms with van der Waals surface area (Å²) in [5.74, 6) is -1.92. The summed E-state index contributed by atoms with van der Waals surface area (Å²) in [5, 5.41) is 17.9. The van der Waals surface area contributed by atoms with E-state index in [0.717, 1.165) is 0 Å². The Balaban J connectivity index is 2.28. The van der Waals surface area contributed by atoms with Gasteiger partial charge in [-0.3, -0.25) is 9.59 Å². The van der Waals surface area contributed by atoms with Crippen LogP contribution in [0.25, 0.3) is 0 Å². The van der Waals surface area contributed by atoms with Gasteiger partial charge in [0.25, 0.3) is 0 Å². The van der Waals surface area contributed by atoms with E-state index in [-0.39, 0.29) is 23.9 Å². The molecule has 1 aromatic carbocycles. The molecule has 0 aromatic heterocycles. The molecule has 2 rings (SSSR count). The number of nitrogens with zero attached hydrogens (tertiary/aromatic N) is 2. The number of carboxylic acid groups (broad SMARTS) is 1. The van der Waals surface area contributed by atoms with Crippen LogP contribution in [0.15, 0.2) is 18.2 Å². The zero-order valence-corrected chi connectivity index (χ0v) is 10.0. The van der Waals surface area contributed by atoms with E-state index in [1.807, 2.05) is 6.07 Å². The number of anilines is 1. The number of carboxylic acids is 1. The second-order valence-electron chi connectivity index (χ2n) is 4.02. The van der Waals surface area contributed by atoms with Gasteiger partial charge >= 0.3 is 5.97 Å². The number of hydrogen-bond acceptors (Lipinski definition) is 3. The van der Waals surface area contributed by atoms with Gasteiger partial charge in [-0.05, 0) is 18.2 Å². The zero-order valence-electron chi connectivity index (χ0n) is 9.26. The first-order valence-electron chi connectivity index (χ1n) is 5.25. The molecule has 1 fully saturated rings. The van der Waals surface area contributed by atoms with Crippen LogP contribution in [0.3, 0.4) is 0 Å². The van der Waals surface area contributed by atoms with Gasteiger partial charge in [-0.1, -0.05) is 11.6 Å². The molecule has 6 heteroatoms. The fraction of sp³-hybridized carbons (Fsp3) is 0.250. The molecule has 1 aromatic rings. The van der Waals surface area contributed by atoms with Gasteiger partial charge < -0.3 is 10.0 Å².